The first-order valence-corrected chi connectivity index (χ1v) is 5.39. The van der Waals surface area contributed by atoms with Crippen molar-refractivity contribution < 1.29 is 4.52 Å². The molecule has 3 aromatic rings. The van der Waals surface area contributed by atoms with E-state index in [0.29, 0.717) is 24.1 Å². The van der Waals surface area contributed by atoms with Crippen LogP contribution in [0.2, 0.25) is 0 Å². The number of H-pyrrole nitrogens is 1. The summed E-state index contributed by atoms with van der Waals surface area (Å²) in [6.07, 6.45) is 1.40. The number of anilines is 1. The summed E-state index contributed by atoms with van der Waals surface area (Å²) in [7, 11) is 0. The zero-order chi connectivity index (χ0) is 12.2. The highest BCUT2D eigenvalue weighted by atomic mass is 16.5. The monoisotopic (exact) mass is 242 g/mol. The van der Waals surface area contributed by atoms with Crippen molar-refractivity contribution in [3.8, 4) is 11.6 Å². The van der Waals surface area contributed by atoms with E-state index in [1.165, 1.54) is 6.33 Å². The van der Waals surface area contributed by atoms with Gasteiger partial charge in [0.1, 0.15) is 6.33 Å². The summed E-state index contributed by atoms with van der Waals surface area (Å²) in [5.74, 6) is 1.38. The number of para-hydroxylation sites is 1. The van der Waals surface area contributed by atoms with Crippen molar-refractivity contribution in [2.45, 2.75) is 6.54 Å². The van der Waals surface area contributed by atoms with Crippen LogP contribution in [-0.2, 0) is 6.54 Å². The number of aromatic nitrogens is 5. The number of rotatable bonds is 4. The summed E-state index contributed by atoms with van der Waals surface area (Å²) < 4.78 is 5.10. The molecule has 90 valence electrons. The second kappa shape index (κ2) is 4.66. The first kappa shape index (κ1) is 10.5. The van der Waals surface area contributed by atoms with Gasteiger partial charge in [0.2, 0.25) is 11.7 Å². The number of nitrogens with one attached hydrogen (secondary N) is 2. The molecule has 0 amide bonds. The lowest BCUT2D eigenvalue weighted by Crippen LogP contribution is -1.99. The summed E-state index contributed by atoms with van der Waals surface area (Å²) in [5.41, 5.74) is 0.997. The lowest BCUT2D eigenvalue weighted by Gasteiger charge is -2.01. The van der Waals surface area contributed by atoms with Gasteiger partial charge in [-0.2, -0.15) is 10.1 Å². The maximum atomic E-state index is 5.10. The third kappa shape index (κ3) is 2.19. The van der Waals surface area contributed by atoms with Crippen molar-refractivity contribution in [1.82, 2.24) is 25.3 Å². The van der Waals surface area contributed by atoms with Gasteiger partial charge in [-0.3, -0.25) is 5.10 Å². The molecule has 0 saturated heterocycles. The highest BCUT2D eigenvalue weighted by molar-refractivity contribution is 5.43. The van der Waals surface area contributed by atoms with E-state index in [9.17, 15) is 0 Å². The van der Waals surface area contributed by atoms with Crippen molar-refractivity contribution in [2.75, 3.05) is 5.32 Å². The number of benzene rings is 1. The van der Waals surface area contributed by atoms with Gasteiger partial charge < -0.3 is 9.84 Å². The fraction of sp³-hybridized carbons (Fsp3) is 0.0909. The van der Waals surface area contributed by atoms with Crippen LogP contribution in [0.4, 0.5) is 5.69 Å². The summed E-state index contributed by atoms with van der Waals surface area (Å²) in [6, 6.07) is 9.80. The van der Waals surface area contributed by atoms with Crippen molar-refractivity contribution in [1.29, 1.82) is 0 Å². The third-order valence-corrected chi connectivity index (χ3v) is 2.31. The van der Waals surface area contributed by atoms with Crippen LogP contribution in [0.5, 0.6) is 0 Å². The number of hydrogen-bond donors (Lipinski definition) is 2. The summed E-state index contributed by atoms with van der Waals surface area (Å²) >= 11 is 0. The van der Waals surface area contributed by atoms with E-state index >= 15 is 0 Å². The first-order chi connectivity index (χ1) is 8.92. The lowest BCUT2D eigenvalue weighted by molar-refractivity contribution is 0.384. The van der Waals surface area contributed by atoms with Gasteiger partial charge in [-0.25, -0.2) is 4.98 Å². The molecule has 18 heavy (non-hydrogen) atoms. The summed E-state index contributed by atoms with van der Waals surface area (Å²) in [5, 5.41) is 13.4. The molecule has 0 unspecified atom stereocenters. The van der Waals surface area contributed by atoms with Gasteiger partial charge in [-0.15, -0.1) is 0 Å². The molecule has 0 aliphatic rings. The quantitative estimate of drug-likeness (QED) is 0.719. The predicted octanol–water partition coefficient (Wildman–Crippen LogP) is 1.47. The summed E-state index contributed by atoms with van der Waals surface area (Å²) in [4.78, 5) is 8.14. The molecule has 0 fully saturated rings. The average molecular weight is 242 g/mol. The van der Waals surface area contributed by atoms with Crippen molar-refractivity contribution in [2.24, 2.45) is 0 Å². The fourth-order valence-corrected chi connectivity index (χ4v) is 1.47. The topological polar surface area (TPSA) is 92.5 Å². The Morgan fingerprint density at radius 1 is 1.22 bits per heavy atom. The van der Waals surface area contributed by atoms with Crippen molar-refractivity contribution in [3.05, 3.63) is 42.5 Å². The Balaban J connectivity index is 1.68. The van der Waals surface area contributed by atoms with E-state index in [4.69, 9.17) is 4.52 Å². The van der Waals surface area contributed by atoms with E-state index in [1.54, 1.807) is 0 Å². The van der Waals surface area contributed by atoms with Crippen LogP contribution in [-0.4, -0.2) is 25.3 Å². The zero-order valence-corrected chi connectivity index (χ0v) is 9.37. The van der Waals surface area contributed by atoms with E-state index in [1.807, 2.05) is 30.3 Å². The first-order valence-electron chi connectivity index (χ1n) is 5.39. The molecule has 7 nitrogen and oxygen atoms in total. The highest BCUT2D eigenvalue weighted by Crippen LogP contribution is 2.11. The average Bonchev–Trinajstić information content (AvgIpc) is 3.08. The van der Waals surface area contributed by atoms with E-state index < -0.39 is 0 Å². The van der Waals surface area contributed by atoms with Crippen LogP contribution in [0, 0.1) is 0 Å². The lowest BCUT2D eigenvalue weighted by atomic mass is 10.3. The van der Waals surface area contributed by atoms with E-state index in [2.05, 4.69) is 30.6 Å². The molecule has 0 spiro atoms. The van der Waals surface area contributed by atoms with Gasteiger partial charge in [0, 0.05) is 5.69 Å². The standard InChI is InChI=1S/C11H10N6O/c1-2-4-8(5-3-1)12-6-9-15-11(17-18-9)10-13-7-14-16-10/h1-5,7,12H,6H2,(H,13,14,16). The molecule has 3 rings (SSSR count). The van der Waals surface area contributed by atoms with Crippen LogP contribution >= 0.6 is 0 Å². The molecule has 0 aliphatic carbocycles. The van der Waals surface area contributed by atoms with Gasteiger partial charge >= 0.3 is 0 Å². The van der Waals surface area contributed by atoms with Gasteiger partial charge in [0.05, 0.1) is 6.54 Å². The van der Waals surface area contributed by atoms with Crippen LogP contribution < -0.4 is 5.32 Å². The Kier molecular flexibility index (Phi) is 2.71. The molecule has 2 aromatic heterocycles. The zero-order valence-electron chi connectivity index (χ0n) is 9.37. The third-order valence-electron chi connectivity index (χ3n) is 2.31. The molecule has 0 saturated carbocycles. The molecule has 0 radical (unpaired) electrons. The maximum absolute atomic E-state index is 5.10. The Hall–Kier alpha value is -2.70. The number of aromatic amines is 1. The molecule has 0 atom stereocenters. The molecular weight excluding hydrogens is 232 g/mol. The van der Waals surface area contributed by atoms with Gasteiger partial charge in [0.15, 0.2) is 5.82 Å². The Labute approximate surface area is 102 Å². The van der Waals surface area contributed by atoms with Crippen LogP contribution in [0.25, 0.3) is 11.6 Å². The summed E-state index contributed by atoms with van der Waals surface area (Å²) in [6.45, 7) is 0.463. The molecule has 2 heterocycles. The fourth-order valence-electron chi connectivity index (χ4n) is 1.47. The van der Waals surface area contributed by atoms with Crippen molar-refractivity contribution in [3.63, 3.8) is 0 Å². The van der Waals surface area contributed by atoms with Gasteiger partial charge in [-0.05, 0) is 12.1 Å². The largest absolute Gasteiger partial charge is 0.376 e. The Bertz CT molecular complexity index is 604. The maximum Gasteiger partial charge on any atom is 0.246 e. The van der Waals surface area contributed by atoms with Crippen LogP contribution in [0.1, 0.15) is 5.89 Å². The smallest absolute Gasteiger partial charge is 0.246 e. The minimum atomic E-state index is 0.400. The number of nitrogens with zero attached hydrogens (tertiary/aromatic N) is 4. The van der Waals surface area contributed by atoms with Crippen LogP contribution in [0.15, 0.2) is 41.2 Å². The Morgan fingerprint density at radius 2 is 2.11 bits per heavy atom. The predicted molar refractivity (Wildman–Crippen MR) is 63.4 cm³/mol. The molecule has 2 N–H and O–H groups in total. The Morgan fingerprint density at radius 3 is 2.89 bits per heavy atom. The number of hydrogen-bond acceptors (Lipinski definition) is 6. The van der Waals surface area contributed by atoms with Crippen LogP contribution in [0.3, 0.4) is 0 Å². The normalized spacial score (nSPS) is 10.4. The van der Waals surface area contributed by atoms with Gasteiger partial charge in [0.25, 0.3) is 0 Å². The molecule has 1 aromatic carbocycles. The molecule has 0 bridgehead atoms. The van der Waals surface area contributed by atoms with E-state index in [-0.39, 0.29) is 0 Å². The minimum Gasteiger partial charge on any atom is -0.376 e. The minimum absolute atomic E-state index is 0.400. The molecular formula is C11H10N6O. The second-order valence-electron chi connectivity index (χ2n) is 3.57. The SMILES string of the molecule is c1ccc(NCc2nc(-c3ncn[nH]3)no2)cc1. The highest BCUT2D eigenvalue weighted by Gasteiger charge is 2.10. The van der Waals surface area contributed by atoms with Gasteiger partial charge in [-0.1, -0.05) is 23.4 Å². The molecule has 7 heteroatoms. The second-order valence-corrected chi connectivity index (χ2v) is 3.57. The molecule has 0 aliphatic heterocycles. The van der Waals surface area contributed by atoms with E-state index in [0.717, 1.165) is 5.69 Å². The van der Waals surface area contributed by atoms with Crippen molar-refractivity contribution >= 4 is 5.69 Å².